The van der Waals surface area contributed by atoms with E-state index in [1.165, 1.54) is 19.2 Å². The van der Waals surface area contributed by atoms with Crippen molar-refractivity contribution < 1.29 is 14.3 Å². The Morgan fingerprint density at radius 2 is 1.94 bits per heavy atom. The van der Waals surface area contributed by atoms with Gasteiger partial charge in [0.1, 0.15) is 12.1 Å². The van der Waals surface area contributed by atoms with Crippen LogP contribution in [0.4, 0.5) is 5.82 Å². The molecule has 0 spiro atoms. The van der Waals surface area contributed by atoms with Crippen LogP contribution in [-0.4, -0.2) is 48.7 Å². The van der Waals surface area contributed by atoms with Crippen LogP contribution in [0.5, 0.6) is 11.5 Å². The molecule has 4 aromatic rings. The predicted octanol–water partition coefficient (Wildman–Crippen LogP) is 3.42. The molecular formula is C24H25N7O3. The summed E-state index contributed by atoms with van der Waals surface area (Å²) in [5.74, 6) is 2.40. The van der Waals surface area contributed by atoms with Gasteiger partial charge in [0.25, 0.3) is 0 Å². The van der Waals surface area contributed by atoms with Crippen LogP contribution in [0, 0.1) is 6.92 Å². The smallest absolute Gasteiger partial charge is 0.226 e. The third-order valence-electron chi connectivity index (χ3n) is 6.65. The largest absolute Gasteiger partial charge is 0.493 e. The fraction of sp³-hybridized carbons (Fsp3) is 0.375. The number of benzene rings is 1. The van der Waals surface area contributed by atoms with Gasteiger partial charge >= 0.3 is 0 Å². The summed E-state index contributed by atoms with van der Waals surface area (Å²) in [5, 5.41) is 20.2. The number of fused-ring (bicyclic) bond motifs is 2. The predicted molar refractivity (Wildman–Crippen MR) is 124 cm³/mol. The van der Waals surface area contributed by atoms with Gasteiger partial charge in [-0.05, 0) is 62.4 Å². The maximum absolute atomic E-state index is 12.8. The number of nitrogens with zero attached hydrogens (tertiary/aromatic N) is 6. The van der Waals surface area contributed by atoms with E-state index >= 15 is 0 Å². The number of carbonyl (C=O) groups is 1. The molecule has 1 saturated carbocycles. The van der Waals surface area contributed by atoms with Crippen molar-refractivity contribution in [2.75, 3.05) is 12.4 Å². The van der Waals surface area contributed by atoms with Crippen LogP contribution in [0.25, 0.3) is 11.5 Å². The second-order valence-electron chi connectivity index (χ2n) is 8.82. The lowest BCUT2D eigenvalue weighted by Gasteiger charge is -2.25. The van der Waals surface area contributed by atoms with Crippen LogP contribution < -0.4 is 14.8 Å². The molecule has 3 aromatic heterocycles. The van der Waals surface area contributed by atoms with E-state index in [-0.39, 0.29) is 17.9 Å². The quantitative estimate of drug-likeness (QED) is 0.487. The zero-order valence-corrected chi connectivity index (χ0v) is 19.1. The van der Waals surface area contributed by atoms with Crippen LogP contribution in [-0.2, 0) is 4.79 Å². The van der Waals surface area contributed by atoms with E-state index in [0.29, 0.717) is 29.5 Å². The first-order valence-electron chi connectivity index (χ1n) is 11.5. The number of methoxy groups -OCH3 is 1. The maximum atomic E-state index is 12.8. The molecule has 2 aliphatic rings. The summed E-state index contributed by atoms with van der Waals surface area (Å²) in [6, 6.07) is 9.57. The minimum absolute atomic E-state index is 0.0712. The highest BCUT2D eigenvalue weighted by Crippen LogP contribution is 2.43. The Morgan fingerprint density at radius 3 is 2.76 bits per heavy atom. The molecule has 174 valence electrons. The zero-order valence-electron chi connectivity index (χ0n) is 19.1. The molecule has 10 heteroatoms. The first-order chi connectivity index (χ1) is 16.6. The second kappa shape index (κ2) is 8.12. The third-order valence-corrected chi connectivity index (χ3v) is 6.65. The molecule has 1 aromatic carbocycles. The summed E-state index contributed by atoms with van der Waals surface area (Å²) in [7, 11) is 1.65. The molecule has 0 bridgehead atoms. The summed E-state index contributed by atoms with van der Waals surface area (Å²) in [4.78, 5) is 12.8. The normalized spacial score (nSPS) is 18.2. The Bertz CT molecular complexity index is 1390. The van der Waals surface area contributed by atoms with Crippen molar-refractivity contribution in [3.8, 4) is 17.3 Å². The van der Waals surface area contributed by atoms with E-state index in [9.17, 15) is 4.79 Å². The molecule has 1 atom stereocenters. The number of hydrogen-bond donors (Lipinski definition) is 1. The molecule has 1 N–H and O–H groups in total. The lowest BCUT2D eigenvalue weighted by Crippen LogP contribution is -2.25. The lowest BCUT2D eigenvalue weighted by molar-refractivity contribution is -0.116. The Hall–Kier alpha value is -3.95. The average Bonchev–Trinajstić information content (AvgIpc) is 3.59. The van der Waals surface area contributed by atoms with Gasteiger partial charge in [-0.3, -0.25) is 4.79 Å². The number of aromatic nitrogens is 6. The van der Waals surface area contributed by atoms with Gasteiger partial charge in [-0.2, -0.15) is 14.3 Å². The molecule has 1 unspecified atom stereocenters. The number of hydrogen-bond acceptors (Lipinski definition) is 7. The average molecular weight is 460 g/mol. The van der Waals surface area contributed by atoms with E-state index in [1.807, 2.05) is 37.3 Å². The van der Waals surface area contributed by atoms with Gasteiger partial charge in [0.2, 0.25) is 5.91 Å². The number of anilines is 1. The summed E-state index contributed by atoms with van der Waals surface area (Å²) < 4.78 is 15.1. The summed E-state index contributed by atoms with van der Waals surface area (Å²) >= 11 is 0. The van der Waals surface area contributed by atoms with Gasteiger partial charge < -0.3 is 14.8 Å². The highest BCUT2D eigenvalue weighted by Gasteiger charge is 2.33. The Balaban J connectivity index is 1.42. The molecular weight excluding hydrogens is 434 g/mol. The van der Waals surface area contributed by atoms with E-state index in [1.54, 1.807) is 16.3 Å². The van der Waals surface area contributed by atoms with Gasteiger partial charge in [-0.25, -0.2) is 0 Å². The fourth-order valence-corrected chi connectivity index (χ4v) is 5.02. The minimum Gasteiger partial charge on any atom is -0.493 e. The molecule has 1 fully saturated rings. The number of nitrogens with one attached hydrogen (secondary N) is 1. The second-order valence-corrected chi connectivity index (χ2v) is 8.82. The highest BCUT2D eigenvalue weighted by atomic mass is 16.5. The van der Waals surface area contributed by atoms with Crippen molar-refractivity contribution in [1.29, 1.82) is 0 Å². The maximum Gasteiger partial charge on any atom is 0.226 e. The van der Waals surface area contributed by atoms with Gasteiger partial charge in [0.05, 0.1) is 18.9 Å². The highest BCUT2D eigenvalue weighted by molar-refractivity contribution is 5.95. The van der Waals surface area contributed by atoms with Crippen molar-refractivity contribution in [1.82, 2.24) is 29.6 Å². The number of amides is 1. The molecule has 0 saturated heterocycles. The van der Waals surface area contributed by atoms with Crippen LogP contribution >= 0.6 is 0 Å². The third kappa shape index (κ3) is 3.46. The first kappa shape index (κ1) is 20.6. The molecule has 34 heavy (non-hydrogen) atoms. The topological polar surface area (TPSA) is 108 Å². The number of rotatable bonds is 5. The van der Waals surface area contributed by atoms with Crippen molar-refractivity contribution in [2.24, 2.45) is 0 Å². The van der Waals surface area contributed by atoms with Gasteiger partial charge in [-0.15, -0.1) is 15.3 Å². The van der Waals surface area contributed by atoms with Crippen molar-refractivity contribution >= 4 is 17.4 Å². The standard InChI is InChI=1S/C24H25N7O3/c1-14-23-17(15-7-8-18(33-2)19(11-15)34-16-5-3-4-6-16)12-22(32)26-24(23)31(28-14)21-10-9-20-27-25-13-30(20)29-21/h7-11,13,16-17H,3-6,12H2,1-2H3,(H,26,32). The minimum atomic E-state index is -0.159. The summed E-state index contributed by atoms with van der Waals surface area (Å²) in [5.41, 5.74) is 3.44. The van der Waals surface area contributed by atoms with Crippen LogP contribution in [0.2, 0.25) is 0 Å². The molecule has 10 nitrogen and oxygen atoms in total. The van der Waals surface area contributed by atoms with Crippen molar-refractivity contribution in [3.63, 3.8) is 0 Å². The van der Waals surface area contributed by atoms with E-state index in [0.717, 1.165) is 35.4 Å². The van der Waals surface area contributed by atoms with Crippen LogP contribution in [0.3, 0.4) is 0 Å². The van der Waals surface area contributed by atoms with Crippen LogP contribution in [0.1, 0.15) is 54.8 Å². The molecule has 4 heterocycles. The first-order valence-corrected chi connectivity index (χ1v) is 11.5. The summed E-state index contributed by atoms with van der Waals surface area (Å²) in [6.07, 6.45) is 6.55. The van der Waals surface area contributed by atoms with Crippen molar-refractivity contribution in [3.05, 3.63) is 53.5 Å². The van der Waals surface area contributed by atoms with Crippen molar-refractivity contribution in [2.45, 2.75) is 51.0 Å². The Labute approximate surface area is 195 Å². The molecule has 1 amide bonds. The number of ether oxygens (including phenoxy) is 2. The molecule has 0 radical (unpaired) electrons. The zero-order chi connectivity index (χ0) is 23.2. The van der Waals surface area contributed by atoms with E-state index in [4.69, 9.17) is 14.6 Å². The van der Waals surface area contributed by atoms with E-state index in [2.05, 4.69) is 20.6 Å². The lowest BCUT2D eigenvalue weighted by atomic mass is 9.85. The van der Waals surface area contributed by atoms with Gasteiger partial charge in [0, 0.05) is 17.9 Å². The van der Waals surface area contributed by atoms with E-state index < -0.39 is 0 Å². The number of aryl methyl sites for hydroxylation is 1. The molecule has 6 rings (SSSR count). The summed E-state index contributed by atoms with van der Waals surface area (Å²) in [6.45, 7) is 1.95. The molecule has 1 aliphatic carbocycles. The van der Waals surface area contributed by atoms with Crippen LogP contribution in [0.15, 0.2) is 36.7 Å². The fourth-order valence-electron chi connectivity index (χ4n) is 5.02. The SMILES string of the molecule is COc1ccc(C2CC(=O)Nc3c2c(C)nn3-c2ccc3nncn3n2)cc1OC1CCCC1. The van der Waals surface area contributed by atoms with Gasteiger partial charge in [0.15, 0.2) is 23.0 Å². The monoisotopic (exact) mass is 459 g/mol. The Kier molecular flexibility index (Phi) is 4.93. The number of carbonyl (C=O) groups excluding carboxylic acids is 1. The molecule has 1 aliphatic heterocycles. The van der Waals surface area contributed by atoms with Gasteiger partial charge in [-0.1, -0.05) is 6.07 Å². The Morgan fingerprint density at radius 1 is 1.09 bits per heavy atom.